The van der Waals surface area contributed by atoms with Crippen LogP contribution in [-0.4, -0.2) is 0 Å². The minimum atomic E-state index is -2.67. The second kappa shape index (κ2) is 4.13. The number of nitrogens with two attached hydrogens (primary N) is 1. The van der Waals surface area contributed by atoms with Gasteiger partial charge in [-0.1, -0.05) is 13.8 Å². The van der Waals surface area contributed by atoms with Crippen LogP contribution in [0.3, 0.4) is 0 Å². The molecule has 0 radical (unpaired) electrons. The summed E-state index contributed by atoms with van der Waals surface area (Å²) in [5.74, 6) is -0.842. The monoisotopic (exact) mass is 217 g/mol. The molecule has 1 aromatic carbocycles. The van der Waals surface area contributed by atoms with E-state index >= 15 is 0 Å². The van der Waals surface area contributed by atoms with Gasteiger partial charge >= 0.3 is 0 Å². The Hall–Kier alpha value is -1.19. The summed E-state index contributed by atoms with van der Waals surface area (Å²) in [4.78, 5) is 0. The molecule has 1 nitrogen and oxygen atoms in total. The molecule has 0 aliphatic heterocycles. The van der Waals surface area contributed by atoms with Gasteiger partial charge in [0, 0.05) is 5.56 Å². The lowest BCUT2D eigenvalue weighted by Crippen LogP contribution is -2.05. The topological polar surface area (TPSA) is 26.0 Å². The molecule has 0 saturated carbocycles. The molecule has 0 aliphatic carbocycles. The molecule has 1 rings (SSSR count). The van der Waals surface area contributed by atoms with Crippen molar-refractivity contribution in [3.8, 4) is 0 Å². The highest BCUT2D eigenvalue weighted by Gasteiger charge is 2.22. The summed E-state index contributed by atoms with van der Waals surface area (Å²) < 4.78 is 38.8. The van der Waals surface area contributed by atoms with E-state index in [0.29, 0.717) is 5.56 Å². The molecular formula is C11H14F3N. The molecule has 0 bridgehead atoms. The largest absolute Gasteiger partial charge is 0.396 e. The fourth-order valence-electron chi connectivity index (χ4n) is 1.63. The van der Waals surface area contributed by atoms with Gasteiger partial charge < -0.3 is 5.73 Å². The highest BCUT2D eigenvalue weighted by molar-refractivity contribution is 5.52. The third-order valence-electron chi connectivity index (χ3n) is 2.45. The molecule has 0 amide bonds. The fourth-order valence-corrected chi connectivity index (χ4v) is 1.63. The van der Waals surface area contributed by atoms with Crippen molar-refractivity contribution in [2.45, 2.75) is 33.1 Å². The predicted octanol–water partition coefficient (Wildman–Crippen LogP) is 3.78. The standard InChI is InChI=1S/C11H14F3N/c1-5(2)7-4-8(15)10(12)6(3)9(7)11(13)14/h4-5,11H,15H2,1-3H3. The van der Waals surface area contributed by atoms with Crippen LogP contribution in [0.4, 0.5) is 18.9 Å². The highest BCUT2D eigenvalue weighted by atomic mass is 19.3. The molecule has 2 N–H and O–H groups in total. The number of rotatable bonds is 2. The molecule has 15 heavy (non-hydrogen) atoms. The van der Waals surface area contributed by atoms with Gasteiger partial charge in [0.1, 0.15) is 5.82 Å². The maximum atomic E-state index is 13.3. The van der Waals surface area contributed by atoms with Crippen LogP contribution < -0.4 is 5.73 Å². The summed E-state index contributed by atoms with van der Waals surface area (Å²) in [6.45, 7) is 4.88. The molecule has 1 aromatic rings. The summed E-state index contributed by atoms with van der Waals surface area (Å²) in [5, 5.41) is 0. The van der Waals surface area contributed by atoms with E-state index in [1.54, 1.807) is 13.8 Å². The van der Waals surface area contributed by atoms with Crippen LogP contribution in [0.15, 0.2) is 6.07 Å². The van der Waals surface area contributed by atoms with E-state index in [1.165, 1.54) is 13.0 Å². The van der Waals surface area contributed by atoms with Gasteiger partial charge in [0.25, 0.3) is 6.43 Å². The lowest BCUT2D eigenvalue weighted by molar-refractivity contribution is 0.148. The van der Waals surface area contributed by atoms with Gasteiger partial charge in [0.05, 0.1) is 5.69 Å². The Morgan fingerprint density at radius 3 is 2.20 bits per heavy atom. The van der Waals surface area contributed by atoms with Gasteiger partial charge in [-0.05, 0) is 30.0 Å². The summed E-state index contributed by atoms with van der Waals surface area (Å²) in [5.41, 5.74) is 5.48. The van der Waals surface area contributed by atoms with Gasteiger partial charge in [-0.3, -0.25) is 0 Å². The summed E-state index contributed by atoms with van der Waals surface area (Å²) in [6, 6.07) is 1.30. The summed E-state index contributed by atoms with van der Waals surface area (Å²) >= 11 is 0. The lowest BCUT2D eigenvalue weighted by atomic mass is 9.93. The van der Waals surface area contributed by atoms with Crippen LogP contribution >= 0.6 is 0 Å². The Balaban J connectivity index is 3.51. The third-order valence-corrected chi connectivity index (χ3v) is 2.45. The maximum absolute atomic E-state index is 13.3. The van der Waals surface area contributed by atoms with Crippen molar-refractivity contribution in [2.24, 2.45) is 0 Å². The average molecular weight is 217 g/mol. The second-order valence-electron chi connectivity index (χ2n) is 3.86. The van der Waals surface area contributed by atoms with E-state index in [0.717, 1.165) is 0 Å². The molecule has 0 spiro atoms. The van der Waals surface area contributed by atoms with Gasteiger partial charge in [-0.2, -0.15) is 0 Å². The highest BCUT2D eigenvalue weighted by Crippen LogP contribution is 2.34. The molecular weight excluding hydrogens is 203 g/mol. The normalized spacial score (nSPS) is 11.5. The first-order valence-electron chi connectivity index (χ1n) is 4.72. The second-order valence-corrected chi connectivity index (χ2v) is 3.86. The fraction of sp³-hybridized carbons (Fsp3) is 0.455. The zero-order valence-electron chi connectivity index (χ0n) is 8.94. The first-order valence-corrected chi connectivity index (χ1v) is 4.72. The molecule has 4 heteroatoms. The summed E-state index contributed by atoms with van der Waals surface area (Å²) in [6.07, 6.45) is -2.67. The summed E-state index contributed by atoms with van der Waals surface area (Å²) in [7, 11) is 0. The van der Waals surface area contributed by atoms with Gasteiger partial charge in [-0.15, -0.1) is 0 Å². The Labute approximate surface area is 87.1 Å². The van der Waals surface area contributed by atoms with E-state index in [1.807, 2.05) is 0 Å². The Bertz CT molecular complexity index is 373. The first kappa shape index (κ1) is 11.9. The lowest BCUT2D eigenvalue weighted by Gasteiger charge is -2.16. The van der Waals surface area contributed by atoms with Crippen molar-refractivity contribution < 1.29 is 13.2 Å². The van der Waals surface area contributed by atoms with Crippen LogP contribution in [0, 0.1) is 12.7 Å². The zero-order valence-corrected chi connectivity index (χ0v) is 8.94. The molecule has 0 unspecified atom stereocenters. The van der Waals surface area contributed by atoms with Crippen molar-refractivity contribution in [3.63, 3.8) is 0 Å². The number of benzene rings is 1. The minimum Gasteiger partial charge on any atom is -0.396 e. The van der Waals surface area contributed by atoms with E-state index in [2.05, 4.69) is 0 Å². The van der Waals surface area contributed by atoms with E-state index in [4.69, 9.17) is 5.73 Å². The number of hydrogen-bond donors (Lipinski definition) is 1. The van der Waals surface area contributed by atoms with E-state index in [9.17, 15) is 13.2 Å². The van der Waals surface area contributed by atoms with Gasteiger partial charge in [0.15, 0.2) is 0 Å². The first-order chi connectivity index (χ1) is 6.86. The maximum Gasteiger partial charge on any atom is 0.264 e. The Kier molecular flexibility index (Phi) is 3.27. The van der Waals surface area contributed by atoms with Crippen LogP contribution in [0.25, 0.3) is 0 Å². The van der Waals surface area contributed by atoms with Crippen molar-refractivity contribution in [1.82, 2.24) is 0 Å². The van der Waals surface area contributed by atoms with E-state index < -0.39 is 12.2 Å². The number of halogens is 3. The Morgan fingerprint density at radius 1 is 1.27 bits per heavy atom. The SMILES string of the molecule is Cc1c(F)c(N)cc(C(C)C)c1C(F)F. The zero-order chi connectivity index (χ0) is 11.7. The average Bonchev–Trinajstić information content (AvgIpc) is 2.12. The van der Waals surface area contributed by atoms with Crippen LogP contribution in [0.5, 0.6) is 0 Å². The van der Waals surface area contributed by atoms with Crippen LogP contribution in [0.2, 0.25) is 0 Å². The van der Waals surface area contributed by atoms with Crippen molar-refractivity contribution in [2.75, 3.05) is 5.73 Å². The minimum absolute atomic E-state index is 0.0475. The van der Waals surface area contributed by atoms with E-state index in [-0.39, 0.29) is 22.7 Å². The Morgan fingerprint density at radius 2 is 1.80 bits per heavy atom. The van der Waals surface area contributed by atoms with Gasteiger partial charge in [0.2, 0.25) is 0 Å². The third kappa shape index (κ3) is 2.08. The molecule has 0 atom stereocenters. The number of alkyl halides is 2. The van der Waals surface area contributed by atoms with Crippen molar-refractivity contribution >= 4 is 5.69 Å². The molecule has 0 heterocycles. The van der Waals surface area contributed by atoms with Crippen LogP contribution in [0.1, 0.15) is 42.9 Å². The number of hydrogen-bond acceptors (Lipinski definition) is 1. The molecule has 84 valence electrons. The quantitative estimate of drug-likeness (QED) is 0.749. The molecule has 0 aliphatic rings. The van der Waals surface area contributed by atoms with Crippen LogP contribution in [-0.2, 0) is 0 Å². The number of nitrogen functional groups attached to an aromatic ring is 1. The molecule has 0 saturated heterocycles. The predicted molar refractivity (Wildman–Crippen MR) is 54.6 cm³/mol. The van der Waals surface area contributed by atoms with Gasteiger partial charge in [-0.25, -0.2) is 13.2 Å². The molecule has 0 fully saturated rings. The number of anilines is 1. The smallest absolute Gasteiger partial charge is 0.264 e. The van der Waals surface area contributed by atoms with Crippen molar-refractivity contribution in [1.29, 1.82) is 0 Å². The van der Waals surface area contributed by atoms with Crippen molar-refractivity contribution in [3.05, 3.63) is 28.6 Å². The molecule has 0 aromatic heterocycles.